The standard InChI is InChI=1S/C20H8F4N2S2/c21-11-1-5-13(6-2-11)27-19-17(23)15(9-25)16(10-26)18(24)20(19)28-14-7-3-12(22)4-8-14/h1-8H. The number of hydrogen-bond acceptors (Lipinski definition) is 4. The first kappa shape index (κ1) is 19.8. The molecule has 0 aliphatic heterocycles. The molecule has 3 aromatic rings. The van der Waals surface area contributed by atoms with Crippen molar-refractivity contribution in [2.45, 2.75) is 19.6 Å². The number of rotatable bonds is 4. The van der Waals surface area contributed by atoms with E-state index in [0.29, 0.717) is 9.79 Å². The van der Waals surface area contributed by atoms with E-state index in [-0.39, 0.29) is 9.79 Å². The van der Waals surface area contributed by atoms with Crippen LogP contribution in [-0.2, 0) is 0 Å². The first-order chi connectivity index (χ1) is 13.4. The topological polar surface area (TPSA) is 47.6 Å². The molecule has 3 rings (SSSR count). The molecule has 138 valence electrons. The van der Waals surface area contributed by atoms with Crippen molar-refractivity contribution in [3.63, 3.8) is 0 Å². The van der Waals surface area contributed by atoms with Gasteiger partial charge in [-0.2, -0.15) is 10.5 Å². The van der Waals surface area contributed by atoms with E-state index in [1.165, 1.54) is 36.4 Å². The summed E-state index contributed by atoms with van der Waals surface area (Å²) in [5, 5.41) is 18.4. The van der Waals surface area contributed by atoms with Gasteiger partial charge >= 0.3 is 0 Å². The van der Waals surface area contributed by atoms with E-state index in [1.807, 2.05) is 0 Å². The highest BCUT2D eigenvalue weighted by Crippen LogP contribution is 2.44. The van der Waals surface area contributed by atoms with Crippen molar-refractivity contribution in [2.24, 2.45) is 0 Å². The Kier molecular flexibility index (Phi) is 5.93. The minimum atomic E-state index is -1.04. The van der Waals surface area contributed by atoms with Crippen LogP contribution in [0, 0.1) is 45.9 Å². The fourth-order valence-electron chi connectivity index (χ4n) is 2.28. The lowest BCUT2D eigenvalue weighted by Gasteiger charge is -2.14. The molecule has 28 heavy (non-hydrogen) atoms. The van der Waals surface area contributed by atoms with Gasteiger partial charge in [-0.15, -0.1) is 0 Å². The maximum absolute atomic E-state index is 15.0. The SMILES string of the molecule is N#Cc1c(F)c(Sc2ccc(F)cc2)c(Sc2ccc(F)cc2)c(F)c1C#N. The molecule has 0 saturated carbocycles. The fourth-order valence-corrected chi connectivity index (χ4v) is 4.29. The number of nitrogens with zero attached hydrogens (tertiary/aromatic N) is 2. The minimum Gasteiger partial charge on any atom is -0.207 e. The van der Waals surface area contributed by atoms with Crippen LogP contribution in [0.25, 0.3) is 0 Å². The van der Waals surface area contributed by atoms with E-state index in [2.05, 4.69) is 0 Å². The predicted molar refractivity (Wildman–Crippen MR) is 96.8 cm³/mol. The highest BCUT2D eigenvalue weighted by molar-refractivity contribution is 8.02. The summed E-state index contributed by atoms with van der Waals surface area (Å²) in [4.78, 5) is 0.395. The van der Waals surface area contributed by atoms with Gasteiger partial charge in [0.1, 0.15) is 34.9 Å². The zero-order valence-corrected chi connectivity index (χ0v) is 15.5. The average Bonchev–Trinajstić information content (AvgIpc) is 2.70. The van der Waals surface area contributed by atoms with Crippen LogP contribution in [0.2, 0.25) is 0 Å². The van der Waals surface area contributed by atoms with Gasteiger partial charge in [0, 0.05) is 9.79 Å². The molecule has 0 amide bonds. The van der Waals surface area contributed by atoms with Crippen LogP contribution in [0.4, 0.5) is 17.6 Å². The summed E-state index contributed by atoms with van der Waals surface area (Å²) in [5.41, 5.74) is -1.40. The zero-order chi connectivity index (χ0) is 20.3. The number of nitriles is 2. The summed E-state index contributed by atoms with van der Waals surface area (Å²) in [6.45, 7) is 0. The Balaban J connectivity index is 2.18. The maximum atomic E-state index is 15.0. The first-order valence-electron chi connectivity index (χ1n) is 7.66. The van der Waals surface area contributed by atoms with Gasteiger partial charge in [0.25, 0.3) is 0 Å². The van der Waals surface area contributed by atoms with Crippen molar-refractivity contribution < 1.29 is 17.6 Å². The van der Waals surface area contributed by atoms with Gasteiger partial charge in [-0.1, -0.05) is 23.5 Å². The van der Waals surface area contributed by atoms with Gasteiger partial charge < -0.3 is 0 Å². The van der Waals surface area contributed by atoms with E-state index >= 15 is 0 Å². The molecule has 0 aromatic heterocycles. The largest absolute Gasteiger partial charge is 0.207 e. The molecule has 0 bridgehead atoms. The Hall–Kier alpha value is -2.94. The predicted octanol–water partition coefficient (Wildman–Crippen LogP) is 6.29. The molecule has 0 aliphatic rings. The number of hydrogen-bond donors (Lipinski definition) is 0. The molecule has 0 unspecified atom stereocenters. The molecule has 0 heterocycles. The van der Waals surface area contributed by atoms with Crippen LogP contribution < -0.4 is 0 Å². The van der Waals surface area contributed by atoms with E-state index in [1.54, 1.807) is 0 Å². The lowest BCUT2D eigenvalue weighted by atomic mass is 10.1. The summed E-state index contributed by atoms with van der Waals surface area (Å²) >= 11 is 1.60. The van der Waals surface area contributed by atoms with Gasteiger partial charge in [-0.05, 0) is 48.5 Å². The highest BCUT2D eigenvalue weighted by atomic mass is 32.2. The Bertz CT molecular complexity index is 1030. The normalized spacial score (nSPS) is 10.4. The highest BCUT2D eigenvalue weighted by Gasteiger charge is 2.26. The third-order valence-corrected chi connectivity index (χ3v) is 5.90. The summed E-state index contributed by atoms with van der Waals surface area (Å²) in [6, 6.07) is 13.2. The molecule has 2 nitrogen and oxygen atoms in total. The lowest BCUT2D eigenvalue weighted by molar-refractivity contribution is 0.544. The van der Waals surface area contributed by atoms with Crippen molar-refractivity contribution in [3.8, 4) is 12.1 Å². The van der Waals surface area contributed by atoms with Crippen molar-refractivity contribution in [2.75, 3.05) is 0 Å². The van der Waals surface area contributed by atoms with Crippen LogP contribution in [0.1, 0.15) is 11.1 Å². The van der Waals surface area contributed by atoms with E-state index in [9.17, 15) is 28.1 Å². The third kappa shape index (κ3) is 3.99. The van der Waals surface area contributed by atoms with Gasteiger partial charge in [0.2, 0.25) is 0 Å². The Morgan fingerprint density at radius 3 is 1.18 bits per heavy atom. The molecule has 3 aromatic carbocycles. The van der Waals surface area contributed by atoms with E-state index in [0.717, 1.165) is 47.8 Å². The number of halogens is 4. The zero-order valence-electron chi connectivity index (χ0n) is 13.8. The van der Waals surface area contributed by atoms with Crippen molar-refractivity contribution in [1.29, 1.82) is 10.5 Å². The maximum Gasteiger partial charge on any atom is 0.157 e. The van der Waals surface area contributed by atoms with Crippen molar-refractivity contribution in [1.82, 2.24) is 0 Å². The Morgan fingerprint density at radius 1 is 0.571 bits per heavy atom. The first-order valence-corrected chi connectivity index (χ1v) is 9.30. The molecule has 0 fully saturated rings. The molecular weight excluding hydrogens is 408 g/mol. The molecule has 0 spiro atoms. The van der Waals surface area contributed by atoms with Crippen LogP contribution in [0.3, 0.4) is 0 Å². The molecule has 0 atom stereocenters. The lowest BCUT2D eigenvalue weighted by Crippen LogP contribution is -2.01. The summed E-state index contributed by atoms with van der Waals surface area (Å²) < 4.78 is 56.2. The average molecular weight is 416 g/mol. The summed E-state index contributed by atoms with van der Waals surface area (Å²) in [6.07, 6.45) is 0. The van der Waals surface area contributed by atoms with Gasteiger partial charge in [0.15, 0.2) is 11.6 Å². The fraction of sp³-hybridized carbons (Fsp3) is 0. The van der Waals surface area contributed by atoms with Crippen LogP contribution in [0.5, 0.6) is 0 Å². The second-order valence-corrected chi connectivity index (χ2v) is 7.54. The quantitative estimate of drug-likeness (QED) is 0.469. The second kappa shape index (κ2) is 8.39. The van der Waals surface area contributed by atoms with Gasteiger partial charge in [0.05, 0.1) is 9.79 Å². The summed E-state index contributed by atoms with van der Waals surface area (Å²) in [5.74, 6) is -3.07. The molecule has 0 aliphatic carbocycles. The summed E-state index contributed by atoms with van der Waals surface area (Å²) in [7, 11) is 0. The van der Waals surface area contributed by atoms with E-state index in [4.69, 9.17) is 0 Å². The number of benzene rings is 3. The van der Waals surface area contributed by atoms with Crippen molar-refractivity contribution >= 4 is 23.5 Å². The monoisotopic (exact) mass is 416 g/mol. The molecule has 8 heteroatoms. The Morgan fingerprint density at radius 2 is 0.893 bits per heavy atom. The van der Waals surface area contributed by atoms with Crippen LogP contribution in [-0.4, -0.2) is 0 Å². The van der Waals surface area contributed by atoms with Gasteiger partial charge in [-0.3, -0.25) is 0 Å². The van der Waals surface area contributed by atoms with Gasteiger partial charge in [-0.25, -0.2) is 17.6 Å². The molecule has 0 N–H and O–H groups in total. The third-order valence-electron chi connectivity index (χ3n) is 3.58. The molecular formula is C20H8F4N2S2. The second-order valence-electron chi connectivity index (χ2n) is 5.37. The van der Waals surface area contributed by atoms with Crippen LogP contribution >= 0.6 is 23.5 Å². The van der Waals surface area contributed by atoms with Crippen molar-refractivity contribution in [3.05, 3.63) is 82.9 Å². The van der Waals surface area contributed by atoms with E-state index < -0.39 is 34.4 Å². The molecule has 0 radical (unpaired) electrons. The van der Waals surface area contributed by atoms with Crippen LogP contribution in [0.15, 0.2) is 68.1 Å². The minimum absolute atomic E-state index is 0.214. The molecule has 0 saturated heterocycles. The smallest absolute Gasteiger partial charge is 0.157 e. The Labute approximate surface area is 166 Å².